The fourth-order valence-electron chi connectivity index (χ4n) is 3.54. The highest BCUT2D eigenvalue weighted by atomic mass is 79.9. The van der Waals surface area contributed by atoms with E-state index in [1.54, 1.807) is 12.1 Å². The topological polar surface area (TPSA) is 67.2 Å². The summed E-state index contributed by atoms with van der Waals surface area (Å²) in [6, 6.07) is 13.3. The molecule has 7 heteroatoms. The molecule has 1 amide bonds. The van der Waals surface area contributed by atoms with Crippen LogP contribution < -0.4 is 15.8 Å². The van der Waals surface area contributed by atoms with Crippen LogP contribution in [-0.4, -0.2) is 28.5 Å². The molecule has 0 spiro atoms. The molecule has 1 aliphatic heterocycles. The third-order valence-corrected chi connectivity index (χ3v) is 5.48. The number of nitrogens with zero attached hydrogens (tertiary/aromatic N) is 3. The Balaban J connectivity index is 1.46. The van der Waals surface area contributed by atoms with Crippen molar-refractivity contribution in [3.05, 3.63) is 63.6 Å². The number of benzene rings is 2. The minimum absolute atomic E-state index is 0.118. The standard InChI is InChI=1S/C21H21BrN4O2/c22-15-7-8-17-16(13-15)21(28)26(14-23-17)12-9-20(27)24-18-5-1-2-6-19(18)25-10-3-4-11-25/h1-2,5-8,13-14H,3-4,9-12H2,(H,24,27). The Kier molecular flexibility index (Phi) is 5.43. The fourth-order valence-corrected chi connectivity index (χ4v) is 3.90. The number of fused-ring (bicyclic) bond motifs is 1. The third kappa shape index (κ3) is 3.94. The van der Waals surface area contributed by atoms with E-state index in [9.17, 15) is 9.59 Å². The average Bonchev–Trinajstić information content (AvgIpc) is 3.23. The Morgan fingerprint density at radius 2 is 1.93 bits per heavy atom. The highest BCUT2D eigenvalue weighted by molar-refractivity contribution is 9.10. The molecule has 0 saturated carbocycles. The second kappa shape index (κ2) is 8.14. The van der Waals surface area contributed by atoms with Gasteiger partial charge in [0.05, 0.1) is 28.6 Å². The van der Waals surface area contributed by atoms with Crippen molar-refractivity contribution in [3.8, 4) is 0 Å². The van der Waals surface area contributed by atoms with Crippen LogP contribution in [0.25, 0.3) is 10.9 Å². The second-order valence-corrected chi connectivity index (χ2v) is 7.83. The van der Waals surface area contributed by atoms with Gasteiger partial charge in [0.2, 0.25) is 5.91 Å². The van der Waals surface area contributed by atoms with Gasteiger partial charge in [-0.05, 0) is 43.2 Å². The van der Waals surface area contributed by atoms with Crippen molar-refractivity contribution in [1.29, 1.82) is 0 Å². The van der Waals surface area contributed by atoms with Gasteiger partial charge in [-0.25, -0.2) is 4.98 Å². The number of amides is 1. The monoisotopic (exact) mass is 440 g/mol. The molecular weight excluding hydrogens is 420 g/mol. The van der Waals surface area contributed by atoms with Crippen molar-refractivity contribution in [2.45, 2.75) is 25.8 Å². The molecule has 0 bridgehead atoms. The summed E-state index contributed by atoms with van der Waals surface area (Å²) in [6.07, 6.45) is 4.06. The molecular formula is C21H21BrN4O2. The van der Waals surface area contributed by atoms with Crippen molar-refractivity contribution in [2.24, 2.45) is 0 Å². The van der Waals surface area contributed by atoms with Crippen LogP contribution in [0.2, 0.25) is 0 Å². The van der Waals surface area contributed by atoms with Crippen LogP contribution in [0.5, 0.6) is 0 Å². The summed E-state index contributed by atoms with van der Waals surface area (Å²) < 4.78 is 2.31. The highest BCUT2D eigenvalue weighted by Gasteiger charge is 2.16. The summed E-state index contributed by atoms with van der Waals surface area (Å²) in [7, 11) is 0. The summed E-state index contributed by atoms with van der Waals surface area (Å²) >= 11 is 3.38. The Morgan fingerprint density at radius 3 is 2.75 bits per heavy atom. The molecule has 1 aromatic heterocycles. The maximum atomic E-state index is 12.6. The van der Waals surface area contributed by atoms with E-state index in [-0.39, 0.29) is 24.4 Å². The molecule has 6 nitrogen and oxygen atoms in total. The number of para-hydroxylation sites is 2. The molecule has 1 N–H and O–H groups in total. The Morgan fingerprint density at radius 1 is 1.14 bits per heavy atom. The number of aromatic nitrogens is 2. The number of carbonyl (C=O) groups excluding carboxylic acids is 1. The van der Waals surface area contributed by atoms with E-state index in [4.69, 9.17) is 0 Å². The molecule has 2 heterocycles. The van der Waals surface area contributed by atoms with Crippen LogP contribution in [0.3, 0.4) is 0 Å². The van der Waals surface area contributed by atoms with Crippen molar-refractivity contribution >= 4 is 44.1 Å². The minimum atomic E-state index is -0.142. The molecule has 1 aliphatic rings. The number of carbonyl (C=O) groups is 1. The normalized spacial score (nSPS) is 13.8. The zero-order valence-electron chi connectivity index (χ0n) is 15.4. The van der Waals surface area contributed by atoms with E-state index < -0.39 is 0 Å². The van der Waals surface area contributed by atoms with E-state index in [2.05, 4.69) is 31.1 Å². The largest absolute Gasteiger partial charge is 0.370 e. The molecule has 0 atom stereocenters. The zero-order chi connectivity index (χ0) is 19.5. The van der Waals surface area contributed by atoms with E-state index in [1.807, 2.05) is 30.3 Å². The number of hydrogen-bond acceptors (Lipinski definition) is 4. The first kappa shape index (κ1) is 18.7. The molecule has 2 aromatic carbocycles. The number of halogens is 1. The van der Waals surface area contributed by atoms with Gasteiger partial charge in [-0.3, -0.25) is 14.2 Å². The molecule has 1 fully saturated rings. The lowest BCUT2D eigenvalue weighted by atomic mass is 10.2. The van der Waals surface area contributed by atoms with Crippen molar-refractivity contribution < 1.29 is 4.79 Å². The lowest BCUT2D eigenvalue weighted by Crippen LogP contribution is -2.24. The first-order valence-corrected chi connectivity index (χ1v) is 10.2. The average molecular weight is 441 g/mol. The number of aryl methyl sites for hydroxylation is 1. The predicted molar refractivity (Wildman–Crippen MR) is 115 cm³/mol. The first-order valence-electron chi connectivity index (χ1n) is 9.40. The van der Waals surface area contributed by atoms with E-state index in [0.717, 1.165) is 28.9 Å². The van der Waals surface area contributed by atoms with Gasteiger partial charge in [-0.2, -0.15) is 0 Å². The molecule has 28 heavy (non-hydrogen) atoms. The van der Waals surface area contributed by atoms with Gasteiger partial charge >= 0.3 is 0 Å². The summed E-state index contributed by atoms with van der Waals surface area (Å²) in [5.74, 6) is -0.118. The van der Waals surface area contributed by atoms with Crippen molar-refractivity contribution in [2.75, 3.05) is 23.3 Å². The van der Waals surface area contributed by atoms with Gasteiger partial charge < -0.3 is 10.2 Å². The van der Waals surface area contributed by atoms with Gasteiger partial charge in [0.25, 0.3) is 5.56 Å². The van der Waals surface area contributed by atoms with Crippen LogP contribution >= 0.6 is 15.9 Å². The SMILES string of the molecule is O=C(CCn1cnc2ccc(Br)cc2c1=O)Nc1ccccc1N1CCCC1. The Bertz CT molecular complexity index is 1070. The summed E-state index contributed by atoms with van der Waals surface area (Å²) in [4.78, 5) is 31.8. The minimum Gasteiger partial charge on any atom is -0.370 e. The van der Waals surface area contributed by atoms with E-state index in [1.165, 1.54) is 23.7 Å². The molecule has 3 aromatic rings. The van der Waals surface area contributed by atoms with Gasteiger partial charge in [-0.1, -0.05) is 28.1 Å². The van der Waals surface area contributed by atoms with Crippen LogP contribution in [0.15, 0.2) is 58.1 Å². The molecule has 1 saturated heterocycles. The highest BCUT2D eigenvalue weighted by Crippen LogP contribution is 2.28. The lowest BCUT2D eigenvalue weighted by Gasteiger charge is -2.21. The summed E-state index contributed by atoms with van der Waals surface area (Å²) in [5, 5.41) is 3.54. The summed E-state index contributed by atoms with van der Waals surface area (Å²) in [6.45, 7) is 2.31. The molecule has 0 radical (unpaired) electrons. The summed E-state index contributed by atoms with van der Waals surface area (Å²) in [5.41, 5.74) is 2.38. The quantitative estimate of drug-likeness (QED) is 0.655. The van der Waals surface area contributed by atoms with Crippen LogP contribution in [-0.2, 0) is 11.3 Å². The maximum absolute atomic E-state index is 12.6. The third-order valence-electron chi connectivity index (χ3n) is 4.99. The number of rotatable bonds is 5. The van der Waals surface area contributed by atoms with Crippen LogP contribution in [0.1, 0.15) is 19.3 Å². The van der Waals surface area contributed by atoms with E-state index in [0.29, 0.717) is 10.9 Å². The number of hydrogen-bond donors (Lipinski definition) is 1. The lowest BCUT2D eigenvalue weighted by molar-refractivity contribution is -0.116. The van der Waals surface area contributed by atoms with E-state index >= 15 is 0 Å². The smallest absolute Gasteiger partial charge is 0.261 e. The van der Waals surface area contributed by atoms with Crippen molar-refractivity contribution in [1.82, 2.24) is 9.55 Å². The van der Waals surface area contributed by atoms with Gasteiger partial charge in [0.1, 0.15) is 0 Å². The predicted octanol–water partition coefficient (Wildman–Crippen LogP) is 3.79. The van der Waals surface area contributed by atoms with Crippen molar-refractivity contribution in [3.63, 3.8) is 0 Å². The number of anilines is 2. The number of nitrogens with one attached hydrogen (secondary N) is 1. The Labute approximate surface area is 171 Å². The molecule has 0 aliphatic carbocycles. The van der Waals surface area contributed by atoms with Crippen LogP contribution in [0.4, 0.5) is 11.4 Å². The maximum Gasteiger partial charge on any atom is 0.261 e. The fraction of sp³-hybridized carbons (Fsp3) is 0.286. The van der Waals surface area contributed by atoms with Gasteiger partial charge in [0, 0.05) is 30.5 Å². The molecule has 144 valence electrons. The molecule has 4 rings (SSSR count). The van der Waals surface area contributed by atoms with Gasteiger partial charge in [0.15, 0.2) is 0 Å². The van der Waals surface area contributed by atoms with Crippen LogP contribution in [0, 0.1) is 0 Å². The molecule has 0 unspecified atom stereocenters. The zero-order valence-corrected chi connectivity index (χ0v) is 17.0. The second-order valence-electron chi connectivity index (χ2n) is 6.91. The first-order chi connectivity index (χ1) is 13.6. The Hall–Kier alpha value is -2.67. The van der Waals surface area contributed by atoms with Gasteiger partial charge in [-0.15, -0.1) is 0 Å².